The molecule has 0 aromatic heterocycles. The van der Waals surface area contributed by atoms with E-state index in [-0.39, 0.29) is 12.2 Å². The average Bonchev–Trinajstić information content (AvgIpc) is 3.16. The molecule has 4 rings (SSSR count). The van der Waals surface area contributed by atoms with Gasteiger partial charge in [-0.2, -0.15) is 5.11 Å². The number of benzene rings is 2. The van der Waals surface area contributed by atoms with Crippen LogP contribution in [0.25, 0.3) is 0 Å². The number of anilines is 2. The van der Waals surface area contributed by atoms with Gasteiger partial charge in [-0.25, -0.2) is 9.29 Å². The topological polar surface area (TPSA) is 94.4 Å². The Morgan fingerprint density at radius 3 is 2.61 bits per heavy atom. The van der Waals surface area contributed by atoms with Crippen molar-refractivity contribution in [3.63, 3.8) is 0 Å². The minimum absolute atomic E-state index is 0.281. The van der Waals surface area contributed by atoms with Crippen molar-refractivity contribution in [2.45, 2.75) is 12.1 Å². The van der Waals surface area contributed by atoms with E-state index < -0.39 is 35.6 Å². The molecule has 2 aromatic rings. The lowest BCUT2D eigenvalue weighted by atomic mass is 10.1. The van der Waals surface area contributed by atoms with Gasteiger partial charge in [0.1, 0.15) is 12.4 Å². The summed E-state index contributed by atoms with van der Waals surface area (Å²) >= 11 is 3.30. The van der Waals surface area contributed by atoms with Crippen molar-refractivity contribution in [1.82, 2.24) is 5.01 Å². The quantitative estimate of drug-likeness (QED) is 0.731. The number of amides is 3. The normalized spacial score (nSPS) is 20.6. The van der Waals surface area contributed by atoms with Crippen LogP contribution in [-0.2, 0) is 14.4 Å². The van der Waals surface area contributed by atoms with Crippen LogP contribution in [0.5, 0.6) is 0 Å². The second-order valence-electron chi connectivity index (χ2n) is 6.24. The van der Waals surface area contributed by atoms with Gasteiger partial charge in [0.2, 0.25) is 5.91 Å². The molecule has 0 bridgehead atoms. The Morgan fingerprint density at radius 2 is 1.89 bits per heavy atom. The number of halogens is 2. The van der Waals surface area contributed by atoms with Gasteiger partial charge < -0.3 is 5.32 Å². The Hall–Kier alpha value is -3.14. The predicted octanol–water partition coefficient (Wildman–Crippen LogP) is 2.52. The molecule has 0 spiro atoms. The number of hydrogen-bond acceptors (Lipinski definition) is 6. The molecule has 2 atom stereocenters. The first-order valence-electron chi connectivity index (χ1n) is 8.30. The third-order valence-electron chi connectivity index (χ3n) is 4.36. The van der Waals surface area contributed by atoms with E-state index in [1.807, 2.05) is 0 Å². The molecule has 2 heterocycles. The third-order valence-corrected chi connectivity index (χ3v) is 4.89. The molecular formula is C18H13BrFN5O3. The molecule has 0 radical (unpaired) electrons. The van der Waals surface area contributed by atoms with Crippen LogP contribution in [0.15, 0.2) is 63.3 Å². The monoisotopic (exact) mass is 445 g/mol. The molecule has 1 fully saturated rings. The summed E-state index contributed by atoms with van der Waals surface area (Å²) in [5.41, 5.74) is 0.704. The van der Waals surface area contributed by atoms with Crippen molar-refractivity contribution in [3.8, 4) is 0 Å². The number of nitrogens with one attached hydrogen (secondary N) is 1. The van der Waals surface area contributed by atoms with Gasteiger partial charge in [-0.15, -0.1) is 0 Å². The summed E-state index contributed by atoms with van der Waals surface area (Å²) < 4.78 is 14.0. The van der Waals surface area contributed by atoms with Gasteiger partial charge in [-0.3, -0.25) is 19.4 Å². The maximum atomic E-state index is 13.2. The van der Waals surface area contributed by atoms with Gasteiger partial charge in [0.25, 0.3) is 11.8 Å². The summed E-state index contributed by atoms with van der Waals surface area (Å²) in [6.07, 6.45) is 0. The first-order valence-corrected chi connectivity index (χ1v) is 9.09. The number of nitrogens with zero attached hydrogens (tertiary/aromatic N) is 4. The van der Waals surface area contributed by atoms with Crippen LogP contribution in [0.1, 0.15) is 0 Å². The first kappa shape index (κ1) is 18.2. The van der Waals surface area contributed by atoms with Gasteiger partial charge >= 0.3 is 0 Å². The third kappa shape index (κ3) is 3.26. The highest BCUT2D eigenvalue weighted by atomic mass is 79.9. The molecule has 2 aliphatic rings. The number of fused-ring (bicyclic) bond motifs is 1. The van der Waals surface area contributed by atoms with Crippen molar-refractivity contribution in [2.75, 3.05) is 16.8 Å². The lowest BCUT2D eigenvalue weighted by Crippen LogP contribution is -2.43. The maximum absolute atomic E-state index is 13.2. The number of rotatable bonds is 4. The minimum Gasteiger partial charge on any atom is -0.324 e. The van der Waals surface area contributed by atoms with Crippen LogP contribution in [0.4, 0.5) is 15.8 Å². The molecule has 1 N–H and O–H groups in total. The zero-order chi connectivity index (χ0) is 19.8. The van der Waals surface area contributed by atoms with Crippen LogP contribution >= 0.6 is 15.9 Å². The van der Waals surface area contributed by atoms with E-state index >= 15 is 0 Å². The lowest BCUT2D eigenvalue weighted by Gasteiger charge is -2.20. The zero-order valence-corrected chi connectivity index (χ0v) is 15.8. The molecule has 0 aliphatic carbocycles. The summed E-state index contributed by atoms with van der Waals surface area (Å²) in [6, 6.07) is 10.2. The Balaban J connectivity index is 1.48. The minimum atomic E-state index is -0.988. The zero-order valence-electron chi connectivity index (χ0n) is 14.3. The van der Waals surface area contributed by atoms with E-state index in [1.165, 1.54) is 29.3 Å². The molecular weight excluding hydrogens is 433 g/mol. The fraction of sp³-hybridized carbons (Fsp3) is 0.167. The van der Waals surface area contributed by atoms with Crippen LogP contribution < -0.4 is 10.2 Å². The Kier molecular flexibility index (Phi) is 4.63. The summed E-state index contributed by atoms with van der Waals surface area (Å²) in [6.45, 7) is -0.297. The molecule has 0 unspecified atom stereocenters. The van der Waals surface area contributed by atoms with Crippen molar-refractivity contribution in [2.24, 2.45) is 10.3 Å². The number of imide groups is 1. The van der Waals surface area contributed by atoms with Crippen molar-refractivity contribution in [3.05, 3.63) is 58.8 Å². The smallest absolute Gasteiger partial charge is 0.263 e. The van der Waals surface area contributed by atoms with Crippen LogP contribution in [0.3, 0.4) is 0 Å². The molecule has 142 valence electrons. The maximum Gasteiger partial charge on any atom is 0.263 e. The van der Waals surface area contributed by atoms with Crippen LogP contribution in [-0.4, -0.2) is 41.4 Å². The van der Waals surface area contributed by atoms with Crippen molar-refractivity contribution in [1.29, 1.82) is 0 Å². The van der Waals surface area contributed by atoms with Gasteiger partial charge in [-0.05, 0) is 42.5 Å². The molecule has 8 nitrogen and oxygen atoms in total. The summed E-state index contributed by atoms with van der Waals surface area (Å²) in [7, 11) is 0. The van der Waals surface area contributed by atoms with Crippen molar-refractivity contribution < 1.29 is 18.8 Å². The van der Waals surface area contributed by atoms with E-state index in [0.29, 0.717) is 5.69 Å². The molecule has 3 amide bonds. The van der Waals surface area contributed by atoms with Crippen LogP contribution in [0, 0.1) is 5.82 Å². The van der Waals surface area contributed by atoms with Gasteiger partial charge in [0.15, 0.2) is 12.1 Å². The Morgan fingerprint density at radius 1 is 1.14 bits per heavy atom. The lowest BCUT2D eigenvalue weighted by molar-refractivity contribution is -0.123. The van der Waals surface area contributed by atoms with E-state index in [2.05, 4.69) is 31.6 Å². The highest BCUT2D eigenvalue weighted by molar-refractivity contribution is 9.10. The molecule has 2 aliphatic heterocycles. The summed E-state index contributed by atoms with van der Waals surface area (Å²) in [5, 5.41) is 11.4. The summed E-state index contributed by atoms with van der Waals surface area (Å²) in [5.74, 6) is -1.98. The fourth-order valence-electron chi connectivity index (χ4n) is 3.11. The van der Waals surface area contributed by atoms with Gasteiger partial charge in [0.05, 0.1) is 5.69 Å². The predicted molar refractivity (Wildman–Crippen MR) is 101 cm³/mol. The van der Waals surface area contributed by atoms with E-state index in [4.69, 9.17) is 0 Å². The van der Waals surface area contributed by atoms with Crippen molar-refractivity contribution >= 4 is 45.0 Å². The number of carbonyl (C=O) groups excluding carboxylic acids is 3. The highest BCUT2D eigenvalue weighted by Crippen LogP contribution is 2.32. The number of hydrogen-bond donors (Lipinski definition) is 1. The Bertz CT molecular complexity index is 997. The first-order chi connectivity index (χ1) is 13.4. The van der Waals surface area contributed by atoms with E-state index in [0.717, 1.165) is 9.37 Å². The SMILES string of the molecule is O=C(CN1N=N[C@@H]2C(=O)N(c3ccc(Br)cc3)C(=O)[C@H]21)Nc1cccc(F)c1. The average molecular weight is 446 g/mol. The largest absolute Gasteiger partial charge is 0.324 e. The molecule has 28 heavy (non-hydrogen) atoms. The standard InChI is InChI=1S/C18H13BrFN5O3/c19-10-4-6-13(7-5-10)25-17(27)15-16(18(25)28)24(23-22-15)9-14(26)21-12-3-1-2-11(20)8-12/h1-8,15-16H,9H2,(H,21,26)/t15-,16-/m0/s1. The van der Waals surface area contributed by atoms with Crippen LogP contribution in [0.2, 0.25) is 0 Å². The molecule has 10 heteroatoms. The molecule has 1 saturated heterocycles. The molecule has 0 saturated carbocycles. The van der Waals surface area contributed by atoms with Gasteiger partial charge in [-0.1, -0.05) is 27.2 Å². The second kappa shape index (κ2) is 7.12. The summed E-state index contributed by atoms with van der Waals surface area (Å²) in [4.78, 5) is 38.7. The van der Waals surface area contributed by atoms with E-state index in [9.17, 15) is 18.8 Å². The highest BCUT2D eigenvalue weighted by Gasteiger charge is 2.55. The number of carbonyl (C=O) groups is 3. The second-order valence-corrected chi connectivity index (χ2v) is 7.15. The molecule has 2 aromatic carbocycles. The Labute approximate surface area is 167 Å². The van der Waals surface area contributed by atoms with Gasteiger partial charge in [0, 0.05) is 10.2 Å². The van der Waals surface area contributed by atoms with E-state index in [1.54, 1.807) is 24.3 Å². The fourth-order valence-corrected chi connectivity index (χ4v) is 3.38.